The number of benzene rings is 1. The summed E-state index contributed by atoms with van der Waals surface area (Å²) in [6, 6.07) is 5.70. The summed E-state index contributed by atoms with van der Waals surface area (Å²) in [6.07, 6.45) is 3.01. The molecule has 0 saturated carbocycles. The first-order valence-electron chi connectivity index (χ1n) is 8.81. The second-order valence-electron chi connectivity index (χ2n) is 6.68. The molecule has 0 bridgehead atoms. The van der Waals surface area contributed by atoms with Gasteiger partial charge in [-0.25, -0.2) is 14.4 Å². The normalized spacial score (nSPS) is 14.1. The number of aromatic amines is 2. The van der Waals surface area contributed by atoms with E-state index in [1.54, 1.807) is 12.3 Å². The van der Waals surface area contributed by atoms with Crippen molar-refractivity contribution in [1.29, 1.82) is 0 Å². The Morgan fingerprint density at radius 2 is 2.07 bits per heavy atom. The lowest BCUT2D eigenvalue weighted by Gasteiger charge is -2.28. The van der Waals surface area contributed by atoms with Gasteiger partial charge in [0.05, 0.1) is 36.0 Å². The Labute approximate surface area is 168 Å². The van der Waals surface area contributed by atoms with E-state index in [-0.39, 0.29) is 17.0 Å². The van der Waals surface area contributed by atoms with E-state index in [1.807, 2.05) is 0 Å². The summed E-state index contributed by atoms with van der Waals surface area (Å²) in [5.74, 6) is -0.00946. The zero-order valence-corrected chi connectivity index (χ0v) is 15.6. The minimum absolute atomic E-state index is 0.0186. The fraction of sp³-hybridized carbons (Fsp3) is 0.158. The SMILES string of the molecule is O=c1[nH]c(C2COC2)c(Nc2ncnc3[nH]ncc23)cc1-c1cc(Cl)ccc1F. The van der Waals surface area contributed by atoms with E-state index in [2.05, 4.69) is 30.5 Å². The second-order valence-corrected chi connectivity index (χ2v) is 7.11. The van der Waals surface area contributed by atoms with E-state index in [4.69, 9.17) is 16.3 Å². The molecule has 146 valence electrons. The Kier molecular flexibility index (Phi) is 4.26. The van der Waals surface area contributed by atoms with E-state index in [0.717, 1.165) is 0 Å². The molecule has 0 atom stereocenters. The van der Waals surface area contributed by atoms with Gasteiger partial charge in [-0.2, -0.15) is 5.10 Å². The van der Waals surface area contributed by atoms with Gasteiger partial charge in [0.15, 0.2) is 5.65 Å². The highest BCUT2D eigenvalue weighted by atomic mass is 35.5. The van der Waals surface area contributed by atoms with Crippen LogP contribution >= 0.6 is 11.6 Å². The predicted molar refractivity (Wildman–Crippen MR) is 106 cm³/mol. The lowest BCUT2D eigenvalue weighted by Crippen LogP contribution is -2.29. The highest BCUT2D eigenvalue weighted by molar-refractivity contribution is 6.30. The Hall–Kier alpha value is -3.30. The van der Waals surface area contributed by atoms with Gasteiger partial charge in [0.2, 0.25) is 0 Å². The molecule has 0 spiro atoms. The summed E-state index contributed by atoms with van der Waals surface area (Å²) < 4.78 is 19.7. The van der Waals surface area contributed by atoms with Crippen LogP contribution < -0.4 is 10.9 Å². The van der Waals surface area contributed by atoms with Crippen LogP contribution in [0.15, 0.2) is 41.6 Å². The Morgan fingerprint density at radius 1 is 1.21 bits per heavy atom. The minimum Gasteiger partial charge on any atom is -0.380 e. The van der Waals surface area contributed by atoms with Gasteiger partial charge in [-0.15, -0.1) is 0 Å². The first-order valence-corrected chi connectivity index (χ1v) is 9.19. The molecule has 1 aromatic carbocycles. The number of ether oxygens (including phenoxy) is 1. The van der Waals surface area contributed by atoms with E-state index < -0.39 is 11.4 Å². The predicted octanol–water partition coefficient (Wildman–Crippen LogP) is 3.36. The van der Waals surface area contributed by atoms with Crippen molar-refractivity contribution in [3.63, 3.8) is 0 Å². The summed E-state index contributed by atoms with van der Waals surface area (Å²) in [5, 5.41) is 11.0. The summed E-state index contributed by atoms with van der Waals surface area (Å²) in [7, 11) is 0. The van der Waals surface area contributed by atoms with Crippen molar-refractivity contribution in [2.24, 2.45) is 0 Å². The molecule has 1 saturated heterocycles. The first-order chi connectivity index (χ1) is 14.1. The highest BCUT2D eigenvalue weighted by Gasteiger charge is 2.26. The van der Waals surface area contributed by atoms with Gasteiger partial charge in [0.25, 0.3) is 5.56 Å². The average molecular weight is 413 g/mol. The molecule has 0 radical (unpaired) electrons. The molecule has 4 aromatic rings. The number of anilines is 2. The zero-order chi connectivity index (χ0) is 20.0. The molecule has 10 heteroatoms. The van der Waals surface area contributed by atoms with E-state index in [9.17, 15) is 9.18 Å². The van der Waals surface area contributed by atoms with Crippen molar-refractivity contribution in [2.75, 3.05) is 18.5 Å². The van der Waals surface area contributed by atoms with Crippen molar-refractivity contribution in [2.45, 2.75) is 5.92 Å². The first kappa shape index (κ1) is 17.8. The van der Waals surface area contributed by atoms with Crippen LogP contribution in [-0.2, 0) is 4.74 Å². The molecule has 8 nitrogen and oxygen atoms in total. The molecule has 0 amide bonds. The Balaban J connectivity index is 1.67. The van der Waals surface area contributed by atoms with Gasteiger partial charge in [-0.1, -0.05) is 11.6 Å². The summed E-state index contributed by atoms with van der Waals surface area (Å²) in [6.45, 7) is 0.973. The Morgan fingerprint density at radius 3 is 2.86 bits per heavy atom. The van der Waals surface area contributed by atoms with Crippen LogP contribution in [0.5, 0.6) is 0 Å². The quantitative estimate of drug-likeness (QED) is 0.474. The fourth-order valence-corrected chi connectivity index (χ4v) is 3.44. The van der Waals surface area contributed by atoms with Crippen LogP contribution in [0.4, 0.5) is 15.9 Å². The van der Waals surface area contributed by atoms with Crippen molar-refractivity contribution in [3.05, 3.63) is 63.7 Å². The van der Waals surface area contributed by atoms with Crippen LogP contribution in [0, 0.1) is 5.82 Å². The lowest BCUT2D eigenvalue weighted by molar-refractivity contribution is 0.00695. The summed E-state index contributed by atoms with van der Waals surface area (Å²) >= 11 is 6.02. The third kappa shape index (κ3) is 3.14. The van der Waals surface area contributed by atoms with Crippen molar-refractivity contribution >= 4 is 34.1 Å². The number of aromatic nitrogens is 5. The molecule has 1 fully saturated rings. The molecule has 3 aromatic heterocycles. The highest BCUT2D eigenvalue weighted by Crippen LogP contribution is 2.33. The van der Waals surface area contributed by atoms with Gasteiger partial charge < -0.3 is 15.0 Å². The molecule has 5 rings (SSSR count). The van der Waals surface area contributed by atoms with E-state index >= 15 is 0 Å². The number of rotatable bonds is 4. The number of nitrogens with one attached hydrogen (secondary N) is 3. The molecule has 29 heavy (non-hydrogen) atoms. The number of hydrogen-bond acceptors (Lipinski definition) is 6. The molecule has 1 aliphatic heterocycles. The zero-order valence-electron chi connectivity index (χ0n) is 14.9. The van der Waals surface area contributed by atoms with Gasteiger partial charge in [-0.3, -0.25) is 9.89 Å². The summed E-state index contributed by atoms with van der Waals surface area (Å²) in [4.78, 5) is 24.0. The third-order valence-corrected chi connectivity index (χ3v) is 5.07. The van der Waals surface area contributed by atoms with Gasteiger partial charge >= 0.3 is 0 Å². The number of halogens is 2. The topological polar surface area (TPSA) is 109 Å². The number of H-pyrrole nitrogens is 2. The number of pyridine rings is 1. The van der Waals surface area contributed by atoms with Crippen LogP contribution in [0.3, 0.4) is 0 Å². The summed E-state index contributed by atoms with van der Waals surface area (Å²) in [5.41, 5.74) is 1.70. The maximum absolute atomic E-state index is 14.4. The van der Waals surface area contributed by atoms with Gasteiger partial charge in [0, 0.05) is 22.2 Å². The largest absolute Gasteiger partial charge is 0.380 e. The van der Waals surface area contributed by atoms with Crippen molar-refractivity contribution in [1.82, 2.24) is 25.1 Å². The second kappa shape index (κ2) is 6.94. The molecule has 4 heterocycles. The van der Waals surface area contributed by atoms with Crippen LogP contribution in [0.2, 0.25) is 5.02 Å². The average Bonchev–Trinajstić information content (AvgIpc) is 3.14. The monoisotopic (exact) mass is 412 g/mol. The molecule has 1 aliphatic rings. The number of hydrogen-bond donors (Lipinski definition) is 3. The number of nitrogens with zero attached hydrogens (tertiary/aromatic N) is 3. The smallest absolute Gasteiger partial charge is 0.256 e. The maximum Gasteiger partial charge on any atom is 0.256 e. The van der Waals surface area contributed by atoms with Crippen LogP contribution in [0.1, 0.15) is 11.6 Å². The molecule has 0 unspecified atom stereocenters. The fourth-order valence-electron chi connectivity index (χ4n) is 3.27. The lowest BCUT2D eigenvalue weighted by atomic mass is 9.98. The standard InChI is InChI=1S/C19H14ClFN6O2/c20-10-1-2-14(21)11(3-10)12-4-15(16(26-19(12)28)9-6-29-7-9)25-17-13-5-24-27-18(13)23-8-22-17/h1-5,8-9H,6-7H2,(H,26,28)(H2,22,23,24,25,27). The molecule has 3 N–H and O–H groups in total. The number of fused-ring (bicyclic) bond motifs is 1. The van der Waals surface area contributed by atoms with E-state index in [1.165, 1.54) is 24.5 Å². The van der Waals surface area contributed by atoms with Crippen LogP contribution in [0.25, 0.3) is 22.2 Å². The minimum atomic E-state index is -0.537. The van der Waals surface area contributed by atoms with Crippen molar-refractivity contribution < 1.29 is 9.13 Å². The van der Waals surface area contributed by atoms with Gasteiger partial charge in [0.1, 0.15) is 18.0 Å². The molecular formula is C19H14ClFN6O2. The van der Waals surface area contributed by atoms with Gasteiger partial charge in [-0.05, 0) is 24.3 Å². The van der Waals surface area contributed by atoms with Crippen molar-refractivity contribution in [3.8, 4) is 11.1 Å². The Bertz CT molecular complexity index is 1280. The molecular weight excluding hydrogens is 399 g/mol. The molecule has 0 aliphatic carbocycles. The third-order valence-electron chi connectivity index (χ3n) is 4.84. The van der Waals surface area contributed by atoms with Crippen LogP contribution in [-0.4, -0.2) is 38.4 Å². The van der Waals surface area contributed by atoms with E-state index in [0.29, 0.717) is 46.5 Å². The maximum atomic E-state index is 14.4.